The van der Waals surface area contributed by atoms with E-state index in [0.717, 1.165) is 43.9 Å². The van der Waals surface area contributed by atoms with Crippen LogP contribution in [0.5, 0.6) is 0 Å². The van der Waals surface area contributed by atoms with Crippen molar-refractivity contribution in [3.8, 4) is 0 Å². The highest BCUT2D eigenvalue weighted by molar-refractivity contribution is 5.76. The number of nitrogens with two attached hydrogens (primary N) is 1. The molecule has 0 saturated heterocycles. The lowest BCUT2D eigenvalue weighted by atomic mass is 10.1. The molecule has 0 spiro atoms. The summed E-state index contributed by atoms with van der Waals surface area (Å²) < 4.78 is 26.9. The van der Waals surface area contributed by atoms with E-state index in [9.17, 15) is 13.6 Å². The van der Waals surface area contributed by atoms with Gasteiger partial charge in [0.15, 0.2) is 0 Å². The van der Waals surface area contributed by atoms with E-state index < -0.39 is 17.7 Å². The zero-order valence-electron chi connectivity index (χ0n) is 12.7. The molecule has 0 fully saturated rings. The Morgan fingerprint density at radius 1 is 1.24 bits per heavy atom. The van der Waals surface area contributed by atoms with Crippen LogP contribution in [0.3, 0.4) is 0 Å². The summed E-state index contributed by atoms with van der Waals surface area (Å²) in [5.41, 5.74) is 5.61. The zero-order valence-corrected chi connectivity index (χ0v) is 12.7. The van der Waals surface area contributed by atoms with Crippen molar-refractivity contribution in [3.63, 3.8) is 0 Å². The molecule has 21 heavy (non-hydrogen) atoms. The van der Waals surface area contributed by atoms with Crippen LogP contribution in [0.4, 0.5) is 8.78 Å². The summed E-state index contributed by atoms with van der Waals surface area (Å²) in [6.07, 6.45) is 4.15. The number of hydrogen-bond donors (Lipinski definition) is 1. The smallest absolute Gasteiger partial charge is 0.222 e. The molecule has 1 atom stereocenters. The highest BCUT2D eigenvalue weighted by atomic mass is 19.1. The van der Waals surface area contributed by atoms with Crippen molar-refractivity contribution in [2.45, 2.75) is 45.1 Å². The van der Waals surface area contributed by atoms with Crippen LogP contribution < -0.4 is 5.73 Å². The van der Waals surface area contributed by atoms with Crippen molar-refractivity contribution in [1.29, 1.82) is 0 Å². The first-order valence-corrected chi connectivity index (χ1v) is 7.38. The summed E-state index contributed by atoms with van der Waals surface area (Å²) in [6, 6.07) is 2.82. The van der Waals surface area contributed by atoms with E-state index in [-0.39, 0.29) is 11.5 Å². The Bertz CT molecular complexity index is 466. The highest BCUT2D eigenvalue weighted by Crippen LogP contribution is 2.23. The highest BCUT2D eigenvalue weighted by Gasteiger charge is 2.20. The lowest BCUT2D eigenvalue weighted by Crippen LogP contribution is -2.30. The van der Waals surface area contributed by atoms with Gasteiger partial charge in [-0.05, 0) is 44.5 Å². The Morgan fingerprint density at radius 2 is 1.90 bits per heavy atom. The Morgan fingerprint density at radius 3 is 2.57 bits per heavy atom. The molecule has 5 heteroatoms. The van der Waals surface area contributed by atoms with Crippen LogP contribution >= 0.6 is 0 Å². The molecule has 0 aromatic heterocycles. The van der Waals surface area contributed by atoms with Crippen LogP contribution in [-0.4, -0.2) is 24.4 Å². The summed E-state index contributed by atoms with van der Waals surface area (Å²) in [4.78, 5) is 13.5. The van der Waals surface area contributed by atoms with E-state index in [1.807, 2.05) is 0 Å². The van der Waals surface area contributed by atoms with Crippen LogP contribution in [0.2, 0.25) is 0 Å². The van der Waals surface area contributed by atoms with Gasteiger partial charge >= 0.3 is 0 Å². The monoisotopic (exact) mass is 298 g/mol. The molecule has 3 nitrogen and oxygen atoms in total. The van der Waals surface area contributed by atoms with E-state index in [1.54, 1.807) is 14.0 Å². The van der Waals surface area contributed by atoms with Crippen molar-refractivity contribution in [2.75, 3.05) is 13.6 Å². The van der Waals surface area contributed by atoms with Crippen molar-refractivity contribution >= 4 is 5.91 Å². The molecule has 0 bridgehead atoms. The third-order valence-corrected chi connectivity index (χ3v) is 3.73. The van der Waals surface area contributed by atoms with Crippen molar-refractivity contribution < 1.29 is 13.6 Å². The van der Waals surface area contributed by atoms with Gasteiger partial charge in [-0.25, -0.2) is 8.78 Å². The minimum atomic E-state index is -0.499. The quantitative estimate of drug-likeness (QED) is 0.748. The molecule has 1 unspecified atom stereocenters. The SMILES string of the molecule is CC(c1cc(F)ccc1F)N(C)C(=O)CCCCCCN. The van der Waals surface area contributed by atoms with Crippen molar-refractivity contribution in [3.05, 3.63) is 35.4 Å². The number of amides is 1. The fourth-order valence-corrected chi connectivity index (χ4v) is 2.21. The zero-order chi connectivity index (χ0) is 15.8. The molecule has 1 aromatic rings. The minimum Gasteiger partial charge on any atom is -0.339 e. The molecule has 1 amide bonds. The molecule has 118 valence electrons. The average molecular weight is 298 g/mol. The van der Waals surface area contributed by atoms with Crippen molar-refractivity contribution in [2.24, 2.45) is 5.73 Å². The molecule has 0 radical (unpaired) electrons. The molecule has 1 aromatic carbocycles. The number of unbranched alkanes of at least 4 members (excludes halogenated alkanes) is 3. The number of hydrogen-bond acceptors (Lipinski definition) is 2. The Kier molecular flexibility index (Phi) is 7.29. The number of carbonyl (C=O) groups excluding carboxylic acids is 1. The van der Waals surface area contributed by atoms with Gasteiger partial charge < -0.3 is 10.6 Å². The van der Waals surface area contributed by atoms with Gasteiger partial charge in [0.25, 0.3) is 0 Å². The maximum absolute atomic E-state index is 13.7. The van der Waals surface area contributed by atoms with Gasteiger partial charge in [-0.1, -0.05) is 12.8 Å². The maximum atomic E-state index is 13.7. The molecule has 2 N–H and O–H groups in total. The van der Waals surface area contributed by atoms with Crippen LogP contribution in [-0.2, 0) is 4.79 Å². The molecule has 0 saturated carbocycles. The second-order valence-electron chi connectivity index (χ2n) is 5.30. The lowest BCUT2D eigenvalue weighted by molar-refractivity contribution is -0.132. The molecule has 0 aliphatic heterocycles. The molecular formula is C16H24F2N2O. The van der Waals surface area contributed by atoms with Gasteiger partial charge in [0.2, 0.25) is 5.91 Å². The van der Waals surface area contributed by atoms with Gasteiger partial charge in [0.1, 0.15) is 11.6 Å². The third kappa shape index (κ3) is 5.42. The van der Waals surface area contributed by atoms with E-state index in [2.05, 4.69) is 0 Å². The summed E-state index contributed by atoms with van der Waals surface area (Å²) in [5.74, 6) is -1.05. The summed E-state index contributed by atoms with van der Waals surface area (Å²) in [6.45, 7) is 2.37. The number of rotatable bonds is 8. The van der Waals surface area contributed by atoms with E-state index >= 15 is 0 Å². The first-order chi connectivity index (χ1) is 9.97. The Hall–Kier alpha value is -1.49. The van der Waals surface area contributed by atoms with Gasteiger partial charge in [-0.15, -0.1) is 0 Å². The summed E-state index contributed by atoms with van der Waals surface area (Å²) in [5, 5.41) is 0. The van der Waals surface area contributed by atoms with Gasteiger partial charge in [-0.2, -0.15) is 0 Å². The van der Waals surface area contributed by atoms with Crippen molar-refractivity contribution in [1.82, 2.24) is 4.90 Å². The first kappa shape index (κ1) is 17.6. The van der Waals surface area contributed by atoms with E-state index in [0.29, 0.717) is 13.0 Å². The standard InChI is InChI=1S/C16H24F2N2O/c1-12(14-11-13(17)8-9-15(14)18)20(2)16(21)7-5-3-4-6-10-19/h8-9,11-12H,3-7,10,19H2,1-2H3. The molecular weight excluding hydrogens is 274 g/mol. The predicted octanol–water partition coefficient (Wildman–Crippen LogP) is 3.39. The summed E-state index contributed by atoms with van der Waals surface area (Å²) in [7, 11) is 1.62. The van der Waals surface area contributed by atoms with Crippen LogP contribution in [0.1, 0.15) is 50.6 Å². The van der Waals surface area contributed by atoms with Crippen LogP contribution in [0.25, 0.3) is 0 Å². The summed E-state index contributed by atoms with van der Waals surface area (Å²) >= 11 is 0. The lowest BCUT2D eigenvalue weighted by Gasteiger charge is -2.25. The van der Waals surface area contributed by atoms with Crippen LogP contribution in [0, 0.1) is 11.6 Å². The topological polar surface area (TPSA) is 46.3 Å². The second kappa shape index (κ2) is 8.72. The van der Waals surface area contributed by atoms with Gasteiger partial charge in [-0.3, -0.25) is 4.79 Å². The molecule has 1 rings (SSSR count). The van der Waals surface area contributed by atoms with E-state index in [1.165, 1.54) is 4.90 Å². The minimum absolute atomic E-state index is 0.0566. The van der Waals surface area contributed by atoms with Gasteiger partial charge in [0.05, 0.1) is 6.04 Å². The van der Waals surface area contributed by atoms with Crippen LogP contribution in [0.15, 0.2) is 18.2 Å². The number of carbonyl (C=O) groups is 1. The molecule has 0 heterocycles. The number of benzene rings is 1. The molecule has 0 aliphatic rings. The fourth-order valence-electron chi connectivity index (χ4n) is 2.21. The Balaban J connectivity index is 2.54. The average Bonchev–Trinajstić information content (AvgIpc) is 2.47. The Labute approximate surface area is 125 Å². The second-order valence-corrected chi connectivity index (χ2v) is 5.30. The third-order valence-electron chi connectivity index (χ3n) is 3.73. The number of halogens is 2. The normalized spacial score (nSPS) is 12.2. The van der Waals surface area contributed by atoms with E-state index in [4.69, 9.17) is 5.73 Å². The van der Waals surface area contributed by atoms with Gasteiger partial charge in [0, 0.05) is 19.0 Å². The number of nitrogens with zero attached hydrogens (tertiary/aromatic N) is 1. The fraction of sp³-hybridized carbons (Fsp3) is 0.562. The largest absolute Gasteiger partial charge is 0.339 e. The predicted molar refractivity (Wildman–Crippen MR) is 79.7 cm³/mol. The first-order valence-electron chi connectivity index (χ1n) is 7.38. The maximum Gasteiger partial charge on any atom is 0.222 e. The molecule has 0 aliphatic carbocycles.